The standard InChI is InChI=1S/C11H10Cl2O/c12-8-2-4-10(11(13)6-8)7-1-3-9(14)5-7/h2,4,6-7H,1,3,5H2. The molecule has 0 aromatic heterocycles. The van der Waals surface area contributed by atoms with Crippen LogP contribution in [-0.4, -0.2) is 5.78 Å². The predicted molar refractivity (Wildman–Crippen MR) is 58.1 cm³/mol. The molecule has 0 aliphatic heterocycles. The van der Waals surface area contributed by atoms with Crippen LogP contribution in [0.4, 0.5) is 0 Å². The van der Waals surface area contributed by atoms with Crippen molar-refractivity contribution in [2.75, 3.05) is 0 Å². The van der Waals surface area contributed by atoms with E-state index in [2.05, 4.69) is 0 Å². The number of carbonyl (C=O) groups is 1. The summed E-state index contributed by atoms with van der Waals surface area (Å²) in [7, 11) is 0. The van der Waals surface area contributed by atoms with Crippen molar-refractivity contribution in [1.29, 1.82) is 0 Å². The Kier molecular flexibility index (Phi) is 2.80. The van der Waals surface area contributed by atoms with Crippen molar-refractivity contribution in [2.45, 2.75) is 25.2 Å². The Morgan fingerprint density at radius 3 is 2.64 bits per heavy atom. The summed E-state index contributed by atoms with van der Waals surface area (Å²) in [6.45, 7) is 0. The van der Waals surface area contributed by atoms with Crippen LogP contribution in [0.2, 0.25) is 10.0 Å². The fourth-order valence-corrected chi connectivity index (χ4v) is 2.48. The third-order valence-electron chi connectivity index (χ3n) is 2.65. The summed E-state index contributed by atoms with van der Waals surface area (Å²) in [5, 5.41) is 1.32. The van der Waals surface area contributed by atoms with Crippen LogP contribution >= 0.6 is 23.2 Å². The maximum atomic E-state index is 11.1. The van der Waals surface area contributed by atoms with Gasteiger partial charge in [-0.15, -0.1) is 0 Å². The van der Waals surface area contributed by atoms with E-state index in [1.54, 1.807) is 6.07 Å². The predicted octanol–water partition coefficient (Wildman–Crippen LogP) is 3.83. The molecule has 1 aliphatic carbocycles. The zero-order valence-electron chi connectivity index (χ0n) is 7.59. The van der Waals surface area contributed by atoms with Crippen LogP contribution in [0.15, 0.2) is 18.2 Å². The van der Waals surface area contributed by atoms with Gasteiger partial charge >= 0.3 is 0 Å². The summed E-state index contributed by atoms with van der Waals surface area (Å²) < 4.78 is 0. The second-order valence-corrected chi connectivity index (χ2v) is 4.49. The van der Waals surface area contributed by atoms with Crippen LogP contribution in [-0.2, 0) is 4.79 Å². The molecule has 0 spiro atoms. The zero-order valence-corrected chi connectivity index (χ0v) is 9.11. The van der Waals surface area contributed by atoms with Gasteiger partial charge in [-0.05, 0) is 30.0 Å². The van der Waals surface area contributed by atoms with Crippen LogP contribution in [0.1, 0.15) is 30.7 Å². The molecule has 14 heavy (non-hydrogen) atoms. The van der Waals surface area contributed by atoms with Crippen LogP contribution < -0.4 is 0 Å². The first-order valence-corrected chi connectivity index (χ1v) is 5.39. The van der Waals surface area contributed by atoms with Gasteiger partial charge in [0.05, 0.1) is 0 Å². The smallest absolute Gasteiger partial charge is 0.133 e. The number of halogens is 2. The van der Waals surface area contributed by atoms with Crippen molar-refractivity contribution in [3.05, 3.63) is 33.8 Å². The molecule has 0 amide bonds. The van der Waals surface area contributed by atoms with Gasteiger partial charge in [0.15, 0.2) is 0 Å². The molecule has 1 aromatic carbocycles. The van der Waals surface area contributed by atoms with E-state index >= 15 is 0 Å². The Balaban J connectivity index is 2.28. The number of hydrogen-bond acceptors (Lipinski definition) is 1. The highest BCUT2D eigenvalue weighted by Gasteiger charge is 2.24. The van der Waals surface area contributed by atoms with E-state index in [1.807, 2.05) is 12.1 Å². The van der Waals surface area contributed by atoms with Crippen molar-refractivity contribution in [1.82, 2.24) is 0 Å². The molecule has 0 saturated heterocycles. The molecule has 1 saturated carbocycles. The molecule has 1 aliphatic rings. The molecule has 0 heterocycles. The minimum Gasteiger partial charge on any atom is -0.300 e. The number of rotatable bonds is 1. The van der Waals surface area contributed by atoms with Gasteiger partial charge < -0.3 is 0 Å². The normalized spacial score (nSPS) is 21.6. The number of ketones is 1. The Labute approximate surface area is 93.0 Å². The van der Waals surface area contributed by atoms with Crippen molar-refractivity contribution >= 4 is 29.0 Å². The van der Waals surface area contributed by atoms with Gasteiger partial charge in [-0.3, -0.25) is 4.79 Å². The molecule has 1 nitrogen and oxygen atoms in total. The van der Waals surface area contributed by atoms with Gasteiger partial charge in [-0.2, -0.15) is 0 Å². The van der Waals surface area contributed by atoms with E-state index in [0.717, 1.165) is 12.0 Å². The van der Waals surface area contributed by atoms with E-state index in [9.17, 15) is 4.79 Å². The number of hydrogen-bond donors (Lipinski definition) is 0. The van der Waals surface area contributed by atoms with Gasteiger partial charge in [0.1, 0.15) is 5.78 Å². The first kappa shape index (κ1) is 10.0. The molecule has 0 radical (unpaired) electrons. The summed E-state index contributed by atoms with van der Waals surface area (Å²) in [6, 6.07) is 5.49. The maximum absolute atomic E-state index is 11.1. The molecular formula is C11H10Cl2O. The van der Waals surface area contributed by atoms with Crippen molar-refractivity contribution < 1.29 is 4.79 Å². The van der Waals surface area contributed by atoms with E-state index in [4.69, 9.17) is 23.2 Å². The van der Waals surface area contributed by atoms with Crippen molar-refractivity contribution in [3.63, 3.8) is 0 Å². The molecule has 3 heteroatoms. The summed E-state index contributed by atoms with van der Waals surface area (Å²) in [4.78, 5) is 11.1. The highest BCUT2D eigenvalue weighted by molar-refractivity contribution is 6.35. The SMILES string of the molecule is O=C1CCC(c2ccc(Cl)cc2Cl)C1. The number of carbonyl (C=O) groups excluding carboxylic acids is 1. The Morgan fingerprint density at radius 1 is 1.29 bits per heavy atom. The van der Waals surface area contributed by atoms with Crippen molar-refractivity contribution in [2.24, 2.45) is 0 Å². The molecule has 0 N–H and O–H groups in total. The molecule has 1 aromatic rings. The third kappa shape index (κ3) is 1.94. The largest absolute Gasteiger partial charge is 0.300 e. The topological polar surface area (TPSA) is 17.1 Å². The van der Waals surface area contributed by atoms with Crippen LogP contribution in [0.3, 0.4) is 0 Å². The zero-order chi connectivity index (χ0) is 10.1. The lowest BCUT2D eigenvalue weighted by atomic mass is 9.98. The molecule has 1 fully saturated rings. The maximum Gasteiger partial charge on any atom is 0.133 e. The number of benzene rings is 1. The molecule has 1 atom stereocenters. The van der Waals surface area contributed by atoms with Gasteiger partial charge in [0.2, 0.25) is 0 Å². The fraction of sp³-hybridized carbons (Fsp3) is 0.364. The summed E-state index contributed by atoms with van der Waals surface area (Å²) in [6.07, 6.45) is 2.23. The van der Waals surface area contributed by atoms with E-state index < -0.39 is 0 Å². The second kappa shape index (κ2) is 3.92. The van der Waals surface area contributed by atoms with Gasteiger partial charge in [-0.1, -0.05) is 29.3 Å². The molecule has 74 valence electrons. The minimum atomic E-state index is 0.298. The fourth-order valence-electron chi connectivity index (χ4n) is 1.91. The van der Waals surface area contributed by atoms with Gasteiger partial charge in [0, 0.05) is 22.9 Å². The Morgan fingerprint density at radius 2 is 2.07 bits per heavy atom. The average Bonchev–Trinajstić information content (AvgIpc) is 2.51. The van der Waals surface area contributed by atoms with E-state index in [-0.39, 0.29) is 0 Å². The van der Waals surface area contributed by atoms with Crippen molar-refractivity contribution in [3.8, 4) is 0 Å². The Bertz CT molecular complexity index is 374. The number of Topliss-reactive ketones (excluding diaryl/α,β-unsaturated/α-hetero) is 1. The summed E-state index contributed by atoms with van der Waals surface area (Å²) in [5.41, 5.74) is 1.06. The first-order chi connectivity index (χ1) is 6.66. The lowest BCUT2D eigenvalue weighted by Gasteiger charge is -2.10. The quantitative estimate of drug-likeness (QED) is 0.715. The lowest BCUT2D eigenvalue weighted by molar-refractivity contribution is -0.117. The minimum absolute atomic E-state index is 0.298. The highest BCUT2D eigenvalue weighted by Crippen LogP contribution is 2.36. The van der Waals surface area contributed by atoms with Gasteiger partial charge in [0.25, 0.3) is 0 Å². The van der Waals surface area contributed by atoms with Crippen LogP contribution in [0.5, 0.6) is 0 Å². The second-order valence-electron chi connectivity index (χ2n) is 3.64. The van der Waals surface area contributed by atoms with Gasteiger partial charge in [-0.25, -0.2) is 0 Å². The first-order valence-electron chi connectivity index (χ1n) is 4.63. The van der Waals surface area contributed by atoms with Crippen LogP contribution in [0.25, 0.3) is 0 Å². The lowest BCUT2D eigenvalue weighted by Crippen LogP contribution is -1.95. The average molecular weight is 229 g/mol. The molecule has 1 unspecified atom stereocenters. The third-order valence-corrected chi connectivity index (χ3v) is 3.21. The molecule has 0 bridgehead atoms. The monoisotopic (exact) mass is 228 g/mol. The summed E-state index contributed by atoms with van der Waals surface area (Å²) in [5.74, 6) is 0.633. The highest BCUT2D eigenvalue weighted by atomic mass is 35.5. The molecule has 2 rings (SSSR count). The van der Waals surface area contributed by atoms with Crippen LogP contribution in [0, 0.1) is 0 Å². The Hall–Kier alpha value is -0.530. The van der Waals surface area contributed by atoms with E-state index in [0.29, 0.717) is 34.6 Å². The molecular weight excluding hydrogens is 219 g/mol. The van der Waals surface area contributed by atoms with E-state index in [1.165, 1.54) is 0 Å². The summed E-state index contributed by atoms with van der Waals surface area (Å²) >= 11 is 11.9.